The van der Waals surface area contributed by atoms with Gasteiger partial charge >= 0.3 is 5.97 Å². The van der Waals surface area contributed by atoms with Gasteiger partial charge in [-0.3, -0.25) is 9.59 Å². The van der Waals surface area contributed by atoms with Crippen LogP contribution < -0.4 is 0 Å². The molecule has 5 heteroatoms. The van der Waals surface area contributed by atoms with Gasteiger partial charge in [-0.25, -0.2) is 0 Å². The van der Waals surface area contributed by atoms with Gasteiger partial charge in [0.2, 0.25) is 5.91 Å². The fourth-order valence-electron chi connectivity index (χ4n) is 3.00. The van der Waals surface area contributed by atoms with E-state index in [1.807, 2.05) is 6.92 Å². The minimum atomic E-state index is -0.847. The minimum Gasteiger partial charge on any atom is -0.481 e. The Balaban J connectivity index is 2.49. The molecule has 1 N–H and O–H groups in total. The number of carbonyl (C=O) groups excluding carboxylic acids is 1. The zero-order valence-corrected chi connectivity index (χ0v) is 14.1. The quantitative estimate of drug-likeness (QED) is 0.630. The molecule has 1 fully saturated rings. The van der Waals surface area contributed by atoms with Crippen molar-refractivity contribution in [3.05, 3.63) is 0 Å². The van der Waals surface area contributed by atoms with E-state index >= 15 is 0 Å². The van der Waals surface area contributed by atoms with Crippen molar-refractivity contribution in [1.82, 2.24) is 4.90 Å². The fraction of sp³-hybridized carbons (Fsp3) is 0.882. The van der Waals surface area contributed by atoms with Crippen LogP contribution in [0.4, 0.5) is 0 Å². The molecule has 1 amide bonds. The number of nitrogens with zero attached hydrogens (tertiary/aromatic N) is 1. The molecule has 0 bridgehead atoms. The Morgan fingerprint density at radius 1 is 1.27 bits per heavy atom. The standard InChI is InChI=1S/C17H31NO4/c1-3-22-11-7-10-18(13-14(2)17(20)21)16(19)12-15-8-5-4-6-9-15/h14-15H,3-13H2,1-2H3,(H,20,21). The Bertz CT molecular complexity index is 340. The van der Waals surface area contributed by atoms with Crippen molar-refractivity contribution in [2.45, 2.75) is 58.8 Å². The molecular weight excluding hydrogens is 282 g/mol. The summed E-state index contributed by atoms with van der Waals surface area (Å²) in [5, 5.41) is 9.08. The molecule has 0 saturated heterocycles. The largest absolute Gasteiger partial charge is 0.481 e. The third-order valence-corrected chi connectivity index (χ3v) is 4.38. The average molecular weight is 313 g/mol. The molecule has 1 aliphatic rings. The summed E-state index contributed by atoms with van der Waals surface area (Å²) in [4.78, 5) is 25.3. The van der Waals surface area contributed by atoms with Crippen LogP contribution in [-0.2, 0) is 14.3 Å². The number of aliphatic carboxylic acids is 1. The second-order valence-corrected chi connectivity index (χ2v) is 6.34. The highest BCUT2D eigenvalue weighted by molar-refractivity contribution is 5.77. The number of ether oxygens (including phenoxy) is 1. The van der Waals surface area contributed by atoms with Gasteiger partial charge in [-0.2, -0.15) is 0 Å². The van der Waals surface area contributed by atoms with Crippen LogP contribution in [0, 0.1) is 11.8 Å². The SMILES string of the molecule is CCOCCCN(CC(C)C(=O)O)C(=O)CC1CCCCC1. The maximum atomic E-state index is 12.5. The van der Waals surface area contributed by atoms with E-state index in [1.54, 1.807) is 11.8 Å². The lowest BCUT2D eigenvalue weighted by Gasteiger charge is -2.28. The molecule has 1 rings (SSSR count). The molecule has 0 heterocycles. The van der Waals surface area contributed by atoms with Crippen molar-refractivity contribution >= 4 is 11.9 Å². The van der Waals surface area contributed by atoms with Gasteiger partial charge in [0.25, 0.3) is 0 Å². The van der Waals surface area contributed by atoms with Gasteiger partial charge in [0.15, 0.2) is 0 Å². The summed E-state index contributed by atoms with van der Waals surface area (Å²) in [6, 6.07) is 0. The van der Waals surface area contributed by atoms with Crippen molar-refractivity contribution < 1.29 is 19.4 Å². The van der Waals surface area contributed by atoms with Crippen LogP contribution in [0.5, 0.6) is 0 Å². The van der Waals surface area contributed by atoms with Gasteiger partial charge in [-0.1, -0.05) is 26.2 Å². The van der Waals surface area contributed by atoms with Crippen LogP contribution >= 0.6 is 0 Å². The zero-order valence-electron chi connectivity index (χ0n) is 14.1. The number of carbonyl (C=O) groups is 2. The highest BCUT2D eigenvalue weighted by Gasteiger charge is 2.23. The first-order valence-electron chi connectivity index (χ1n) is 8.62. The minimum absolute atomic E-state index is 0.108. The maximum absolute atomic E-state index is 12.5. The summed E-state index contributed by atoms with van der Waals surface area (Å²) >= 11 is 0. The molecule has 1 atom stereocenters. The van der Waals surface area contributed by atoms with Crippen LogP contribution in [0.1, 0.15) is 58.8 Å². The van der Waals surface area contributed by atoms with Gasteiger partial charge in [-0.15, -0.1) is 0 Å². The van der Waals surface area contributed by atoms with Crippen LogP contribution in [0.15, 0.2) is 0 Å². The number of carboxylic acid groups (broad SMARTS) is 1. The van der Waals surface area contributed by atoms with Crippen LogP contribution in [0.25, 0.3) is 0 Å². The predicted molar refractivity (Wildman–Crippen MR) is 85.7 cm³/mol. The van der Waals surface area contributed by atoms with Crippen molar-refractivity contribution in [3.63, 3.8) is 0 Å². The van der Waals surface area contributed by atoms with Gasteiger partial charge in [0.1, 0.15) is 0 Å². The fourth-order valence-corrected chi connectivity index (χ4v) is 3.00. The lowest BCUT2D eigenvalue weighted by molar-refractivity contribution is -0.143. The molecular formula is C17H31NO4. The summed E-state index contributed by atoms with van der Waals surface area (Å²) in [7, 11) is 0. The summed E-state index contributed by atoms with van der Waals surface area (Å²) in [6.07, 6.45) is 7.30. The summed E-state index contributed by atoms with van der Waals surface area (Å²) in [5.41, 5.74) is 0. The highest BCUT2D eigenvalue weighted by Crippen LogP contribution is 2.27. The van der Waals surface area contributed by atoms with Gasteiger partial charge in [-0.05, 0) is 32.1 Å². The number of rotatable bonds is 10. The smallest absolute Gasteiger partial charge is 0.308 e. The van der Waals surface area contributed by atoms with E-state index in [4.69, 9.17) is 9.84 Å². The molecule has 1 unspecified atom stereocenters. The molecule has 5 nitrogen and oxygen atoms in total. The van der Waals surface area contributed by atoms with Crippen LogP contribution in [0.2, 0.25) is 0 Å². The lowest BCUT2D eigenvalue weighted by atomic mass is 9.86. The molecule has 0 radical (unpaired) electrons. The molecule has 1 saturated carbocycles. The van der Waals surface area contributed by atoms with E-state index in [1.165, 1.54) is 19.3 Å². The van der Waals surface area contributed by atoms with Crippen LogP contribution in [0.3, 0.4) is 0 Å². The molecule has 0 spiro atoms. The van der Waals surface area contributed by atoms with E-state index in [2.05, 4.69) is 0 Å². The van der Waals surface area contributed by atoms with E-state index < -0.39 is 11.9 Å². The van der Waals surface area contributed by atoms with Gasteiger partial charge < -0.3 is 14.7 Å². The van der Waals surface area contributed by atoms with E-state index in [0.717, 1.165) is 19.3 Å². The second-order valence-electron chi connectivity index (χ2n) is 6.34. The van der Waals surface area contributed by atoms with E-state index in [-0.39, 0.29) is 5.91 Å². The van der Waals surface area contributed by atoms with E-state index in [0.29, 0.717) is 38.6 Å². The molecule has 22 heavy (non-hydrogen) atoms. The van der Waals surface area contributed by atoms with E-state index in [9.17, 15) is 9.59 Å². The molecule has 0 aromatic carbocycles. The third-order valence-electron chi connectivity index (χ3n) is 4.38. The Labute approximate surface area is 134 Å². The number of hydrogen-bond acceptors (Lipinski definition) is 3. The summed E-state index contributed by atoms with van der Waals surface area (Å²) in [5.74, 6) is -0.782. The average Bonchev–Trinajstić information content (AvgIpc) is 2.50. The Morgan fingerprint density at radius 2 is 1.95 bits per heavy atom. The topological polar surface area (TPSA) is 66.8 Å². The van der Waals surface area contributed by atoms with Gasteiger partial charge in [0, 0.05) is 32.7 Å². The summed E-state index contributed by atoms with van der Waals surface area (Å²) in [6.45, 7) is 5.77. The number of hydrogen-bond donors (Lipinski definition) is 1. The first-order chi connectivity index (χ1) is 10.5. The molecule has 0 aliphatic heterocycles. The highest BCUT2D eigenvalue weighted by atomic mass is 16.5. The predicted octanol–water partition coefficient (Wildman–Crippen LogP) is 2.93. The lowest BCUT2D eigenvalue weighted by Crippen LogP contribution is -2.39. The second kappa shape index (κ2) is 10.6. The van der Waals surface area contributed by atoms with Crippen molar-refractivity contribution in [2.75, 3.05) is 26.3 Å². The monoisotopic (exact) mass is 313 g/mol. The normalized spacial score (nSPS) is 17.2. The number of amides is 1. The van der Waals surface area contributed by atoms with Crippen molar-refractivity contribution in [2.24, 2.45) is 11.8 Å². The summed E-state index contributed by atoms with van der Waals surface area (Å²) < 4.78 is 5.31. The molecule has 0 aromatic heterocycles. The number of carboxylic acids is 1. The maximum Gasteiger partial charge on any atom is 0.308 e. The van der Waals surface area contributed by atoms with Crippen molar-refractivity contribution in [1.29, 1.82) is 0 Å². The Kier molecular flexibility index (Phi) is 9.13. The molecule has 0 aromatic rings. The van der Waals surface area contributed by atoms with Crippen LogP contribution in [-0.4, -0.2) is 48.2 Å². The van der Waals surface area contributed by atoms with Gasteiger partial charge in [0.05, 0.1) is 5.92 Å². The molecule has 128 valence electrons. The first-order valence-corrected chi connectivity index (χ1v) is 8.62. The third kappa shape index (κ3) is 7.25. The first kappa shape index (κ1) is 18.9. The zero-order chi connectivity index (χ0) is 16.4. The molecule has 1 aliphatic carbocycles. The Hall–Kier alpha value is -1.10. The van der Waals surface area contributed by atoms with Crippen molar-refractivity contribution in [3.8, 4) is 0 Å². The Morgan fingerprint density at radius 3 is 2.55 bits per heavy atom.